The van der Waals surface area contributed by atoms with Crippen molar-refractivity contribution < 1.29 is 30.8 Å². The first kappa shape index (κ1) is 19.8. The first-order valence-corrected chi connectivity index (χ1v) is 8.06. The largest absolute Gasteiger partial charge is 0.741 e. The zero-order valence-electron chi connectivity index (χ0n) is 12.7. The van der Waals surface area contributed by atoms with Crippen LogP contribution in [0.25, 0.3) is 10.8 Å². The molecule has 1 aromatic heterocycles. The van der Waals surface area contributed by atoms with E-state index in [1.165, 1.54) is 0 Å². The van der Waals surface area contributed by atoms with Gasteiger partial charge in [-0.05, 0) is 11.2 Å². The lowest BCUT2D eigenvalue weighted by Crippen LogP contribution is -2.44. The molecule has 10 heteroatoms. The second kappa shape index (κ2) is 7.55. The van der Waals surface area contributed by atoms with E-state index in [9.17, 15) is 13.2 Å². The highest BCUT2D eigenvalue weighted by Crippen LogP contribution is 2.20. The van der Waals surface area contributed by atoms with Gasteiger partial charge in [0.2, 0.25) is 6.20 Å². The van der Waals surface area contributed by atoms with E-state index in [0.717, 1.165) is 10.8 Å². The van der Waals surface area contributed by atoms with Crippen molar-refractivity contribution in [1.82, 2.24) is 5.10 Å². The van der Waals surface area contributed by atoms with Gasteiger partial charge in [0, 0.05) is 16.7 Å². The summed E-state index contributed by atoms with van der Waals surface area (Å²) in [5.41, 5.74) is -5.65. The average Bonchev–Trinajstić information content (AvgIpc) is 2.46. The number of hydrogen-bond acceptors (Lipinski definition) is 5. The fourth-order valence-corrected chi connectivity index (χ4v) is 1.72. The van der Waals surface area contributed by atoms with Crippen LogP contribution < -0.4 is 4.68 Å². The third-order valence-electron chi connectivity index (χ3n) is 2.93. The van der Waals surface area contributed by atoms with Crippen molar-refractivity contribution in [2.45, 2.75) is 25.4 Å². The molecule has 0 radical (unpaired) electrons. The van der Waals surface area contributed by atoms with E-state index < -0.39 is 15.6 Å². The second-order valence-corrected chi connectivity index (χ2v) is 6.47. The molecule has 0 spiro atoms. The van der Waals surface area contributed by atoms with Gasteiger partial charge < -0.3 is 4.55 Å². The molecule has 0 fully saturated rings. The van der Waals surface area contributed by atoms with Gasteiger partial charge in [-0.2, -0.15) is 18.4 Å². The first-order valence-electron chi connectivity index (χ1n) is 6.65. The fourth-order valence-electron chi connectivity index (χ4n) is 1.72. The molecular formula is C14H14F3N3O3S. The van der Waals surface area contributed by atoms with E-state index in [4.69, 9.17) is 18.2 Å². The molecule has 130 valence electrons. The van der Waals surface area contributed by atoms with Crippen molar-refractivity contribution in [1.29, 1.82) is 5.26 Å². The molecular weight excluding hydrogens is 347 g/mol. The molecule has 0 N–H and O–H groups in total. The van der Waals surface area contributed by atoms with Crippen LogP contribution in [0.15, 0.2) is 36.7 Å². The minimum Gasteiger partial charge on any atom is -0.741 e. The number of nitriles is 1. The second-order valence-electron chi connectivity index (χ2n) is 5.10. The monoisotopic (exact) mass is 361 g/mol. The summed E-state index contributed by atoms with van der Waals surface area (Å²) in [7, 11) is -6.09. The number of fused-ring (bicyclic) bond motifs is 1. The van der Waals surface area contributed by atoms with Crippen LogP contribution in [0, 0.1) is 17.2 Å². The minimum absolute atomic E-state index is 0.204. The Balaban J connectivity index is 0.000000307. The number of nitrogens with zero attached hydrogens (tertiary/aromatic N) is 3. The number of rotatable bonds is 2. The van der Waals surface area contributed by atoms with Crippen LogP contribution in [0.5, 0.6) is 0 Å². The zero-order valence-corrected chi connectivity index (χ0v) is 13.5. The molecule has 0 aliphatic carbocycles. The summed E-state index contributed by atoms with van der Waals surface area (Å²) in [6.07, 6.45) is 3.74. The standard InChI is InChI=1S/C13H14N3.CHF3O3S/c1-10(2)13(7-14)16-9-12-6-4-3-5-11(12)8-15-16;2-1(3,4)8(5,6)7/h3-6,8-10,13H,1-2H3;(H,5,6,7)/q+1;/p-1. The highest BCUT2D eigenvalue weighted by atomic mass is 32.2. The van der Waals surface area contributed by atoms with E-state index in [1.807, 2.05) is 50.5 Å². The highest BCUT2D eigenvalue weighted by molar-refractivity contribution is 7.86. The lowest BCUT2D eigenvalue weighted by molar-refractivity contribution is -0.769. The topological polar surface area (TPSA) is 97.8 Å². The smallest absolute Gasteiger partial charge is 0.485 e. The summed E-state index contributed by atoms with van der Waals surface area (Å²) in [5, 5.41) is 15.6. The Hall–Kier alpha value is -2.25. The summed E-state index contributed by atoms with van der Waals surface area (Å²) in [6.45, 7) is 4.05. The normalized spacial score (nSPS) is 13.1. The van der Waals surface area contributed by atoms with Gasteiger partial charge in [0.1, 0.15) is 12.3 Å². The van der Waals surface area contributed by atoms with Crippen molar-refractivity contribution >= 4 is 20.9 Å². The Labute approximate surface area is 136 Å². The van der Waals surface area contributed by atoms with Gasteiger partial charge in [0.05, 0.1) is 0 Å². The van der Waals surface area contributed by atoms with E-state index in [1.54, 1.807) is 4.68 Å². The van der Waals surface area contributed by atoms with Crippen LogP contribution in [-0.2, 0) is 10.1 Å². The van der Waals surface area contributed by atoms with Gasteiger partial charge in [-0.25, -0.2) is 8.42 Å². The molecule has 2 aromatic rings. The van der Waals surface area contributed by atoms with Gasteiger partial charge in [-0.1, -0.05) is 36.7 Å². The van der Waals surface area contributed by atoms with Gasteiger partial charge in [0.25, 0.3) is 6.04 Å². The SMILES string of the molecule is CC(C)C(C#N)[n+]1cc2ccccc2cn1.O=S(=O)([O-])C(F)(F)F. The van der Waals surface area contributed by atoms with Crippen molar-refractivity contribution in [3.63, 3.8) is 0 Å². The van der Waals surface area contributed by atoms with Crippen LogP contribution in [0.2, 0.25) is 0 Å². The molecule has 1 atom stereocenters. The molecule has 1 unspecified atom stereocenters. The van der Waals surface area contributed by atoms with Crippen molar-refractivity contribution in [2.75, 3.05) is 0 Å². The molecule has 24 heavy (non-hydrogen) atoms. The molecule has 6 nitrogen and oxygen atoms in total. The molecule has 0 bridgehead atoms. The van der Waals surface area contributed by atoms with Crippen LogP contribution in [0.3, 0.4) is 0 Å². The van der Waals surface area contributed by atoms with Gasteiger partial charge in [0.15, 0.2) is 10.1 Å². The molecule has 0 aliphatic rings. The van der Waals surface area contributed by atoms with E-state index in [2.05, 4.69) is 11.2 Å². The Morgan fingerprint density at radius 1 is 1.25 bits per heavy atom. The quantitative estimate of drug-likeness (QED) is 0.464. The van der Waals surface area contributed by atoms with Crippen LogP contribution in [-0.4, -0.2) is 23.6 Å². The van der Waals surface area contributed by atoms with Gasteiger partial charge in [-0.15, -0.1) is 0 Å². The molecule has 0 saturated carbocycles. The van der Waals surface area contributed by atoms with Gasteiger partial charge in [-0.3, -0.25) is 0 Å². The van der Waals surface area contributed by atoms with Crippen LogP contribution in [0.1, 0.15) is 19.9 Å². The summed E-state index contributed by atoms with van der Waals surface area (Å²) in [6, 6.07) is 10.1. The lowest BCUT2D eigenvalue weighted by atomic mass is 10.1. The Morgan fingerprint density at radius 3 is 2.17 bits per heavy atom. The maximum absolute atomic E-state index is 10.7. The third kappa shape index (κ3) is 5.14. The van der Waals surface area contributed by atoms with Crippen molar-refractivity contribution in [2.24, 2.45) is 5.92 Å². The van der Waals surface area contributed by atoms with E-state index in [-0.39, 0.29) is 12.0 Å². The maximum atomic E-state index is 10.7. The number of alkyl halides is 3. The van der Waals surface area contributed by atoms with Crippen LogP contribution in [0.4, 0.5) is 13.2 Å². The Bertz CT molecular complexity index is 845. The Kier molecular flexibility index (Phi) is 6.22. The number of halogens is 3. The number of benzene rings is 1. The molecule has 0 saturated heterocycles. The summed E-state index contributed by atoms with van der Waals surface area (Å²) in [5.74, 6) is 0.253. The predicted molar refractivity (Wildman–Crippen MR) is 77.2 cm³/mol. The molecule has 0 aliphatic heterocycles. The molecule has 2 rings (SSSR count). The van der Waals surface area contributed by atoms with Crippen molar-refractivity contribution in [3.05, 3.63) is 36.7 Å². The molecule has 0 amide bonds. The fraction of sp³-hybridized carbons (Fsp3) is 0.357. The zero-order chi connectivity index (χ0) is 18.5. The van der Waals surface area contributed by atoms with Crippen LogP contribution >= 0.6 is 0 Å². The predicted octanol–water partition coefficient (Wildman–Crippen LogP) is 2.29. The van der Waals surface area contributed by atoms with Crippen molar-refractivity contribution in [3.8, 4) is 6.07 Å². The highest BCUT2D eigenvalue weighted by Gasteiger charge is 2.36. The number of aromatic nitrogens is 2. The molecule has 1 aromatic carbocycles. The first-order chi connectivity index (χ1) is 11.0. The molecule has 1 heterocycles. The van der Waals surface area contributed by atoms with E-state index >= 15 is 0 Å². The average molecular weight is 361 g/mol. The van der Waals surface area contributed by atoms with E-state index in [0.29, 0.717) is 0 Å². The summed E-state index contributed by atoms with van der Waals surface area (Å²) >= 11 is 0. The maximum Gasteiger partial charge on any atom is 0.485 e. The minimum atomic E-state index is -6.09. The lowest BCUT2D eigenvalue weighted by Gasteiger charge is -2.08. The summed E-state index contributed by atoms with van der Waals surface area (Å²) < 4.78 is 60.6. The Morgan fingerprint density at radius 2 is 1.75 bits per heavy atom. The third-order valence-corrected chi connectivity index (χ3v) is 3.50. The number of hydrogen-bond donors (Lipinski definition) is 0. The van der Waals surface area contributed by atoms with Gasteiger partial charge >= 0.3 is 5.51 Å². The summed E-state index contributed by atoms with van der Waals surface area (Å²) in [4.78, 5) is 0.